The van der Waals surface area contributed by atoms with Crippen LogP contribution in [0.15, 0.2) is 48.8 Å². The van der Waals surface area contributed by atoms with Gasteiger partial charge in [0.2, 0.25) is 11.6 Å². The van der Waals surface area contributed by atoms with Crippen molar-refractivity contribution < 1.29 is 14.2 Å². The van der Waals surface area contributed by atoms with Gasteiger partial charge in [0.15, 0.2) is 0 Å². The Kier molecular flexibility index (Phi) is 5.27. The number of rotatable bonds is 6. The van der Waals surface area contributed by atoms with Crippen LogP contribution < -0.4 is 10.6 Å². The van der Waals surface area contributed by atoms with Crippen molar-refractivity contribution in [3.05, 3.63) is 79.9 Å². The molecule has 28 heavy (non-hydrogen) atoms. The maximum Gasteiger partial charge on any atom is 0.353 e. The van der Waals surface area contributed by atoms with Crippen LogP contribution in [0.25, 0.3) is 0 Å². The number of nitrogens with one attached hydrogen (secondary N) is 2. The molecule has 1 heterocycles. The van der Waals surface area contributed by atoms with E-state index in [2.05, 4.69) is 20.6 Å². The highest BCUT2D eigenvalue weighted by Crippen LogP contribution is 2.34. The summed E-state index contributed by atoms with van der Waals surface area (Å²) in [4.78, 5) is 28.8. The molecule has 3 aromatic rings. The molecule has 0 unspecified atom stereocenters. The Bertz CT molecular complexity index is 1080. The van der Waals surface area contributed by atoms with Gasteiger partial charge in [-0.3, -0.25) is 20.2 Å². The largest absolute Gasteiger partial charge is 0.353 e. The van der Waals surface area contributed by atoms with Crippen LogP contribution in [-0.2, 0) is 0 Å². The molecule has 0 saturated carbocycles. The van der Waals surface area contributed by atoms with Crippen LogP contribution >= 0.6 is 11.6 Å². The second-order valence-corrected chi connectivity index (χ2v) is 5.77. The Hall–Kier alpha value is -3.86. The summed E-state index contributed by atoms with van der Waals surface area (Å²) in [6.07, 6.45) is 1.07. The molecule has 0 fully saturated rings. The molecule has 0 aliphatic heterocycles. The summed E-state index contributed by atoms with van der Waals surface area (Å²) >= 11 is 5.71. The number of anilines is 4. The van der Waals surface area contributed by atoms with Crippen LogP contribution in [0, 0.1) is 26.0 Å². The summed E-state index contributed by atoms with van der Waals surface area (Å²) in [6, 6.07) is 9.08. The summed E-state index contributed by atoms with van der Waals surface area (Å²) < 4.78 is 13.3. The van der Waals surface area contributed by atoms with E-state index in [1.54, 1.807) is 0 Å². The van der Waals surface area contributed by atoms with Crippen molar-refractivity contribution in [3.63, 3.8) is 0 Å². The number of nitrogens with zero attached hydrogens (tertiary/aromatic N) is 4. The molecule has 12 heteroatoms. The highest BCUT2D eigenvalue weighted by molar-refractivity contribution is 6.31. The number of hydrogen-bond acceptors (Lipinski definition) is 8. The van der Waals surface area contributed by atoms with E-state index in [0.29, 0.717) is 0 Å². The molecule has 0 bridgehead atoms. The summed E-state index contributed by atoms with van der Waals surface area (Å²) in [5.74, 6) is -0.996. The van der Waals surface area contributed by atoms with Gasteiger partial charge in [0, 0.05) is 23.5 Å². The molecule has 3 rings (SSSR count). The van der Waals surface area contributed by atoms with E-state index in [0.717, 1.165) is 12.4 Å². The molecular weight excluding hydrogens is 395 g/mol. The summed E-state index contributed by atoms with van der Waals surface area (Å²) in [5, 5.41) is 27.6. The van der Waals surface area contributed by atoms with E-state index in [1.807, 2.05) is 0 Å². The van der Waals surface area contributed by atoms with Gasteiger partial charge in [0.05, 0.1) is 14.9 Å². The number of halogens is 2. The van der Waals surface area contributed by atoms with Gasteiger partial charge < -0.3 is 10.6 Å². The van der Waals surface area contributed by atoms with Crippen molar-refractivity contribution >= 4 is 46.0 Å². The van der Waals surface area contributed by atoms with E-state index < -0.39 is 21.4 Å². The molecule has 0 aliphatic carbocycles. The lowest BCUT2D eigenvalue weighted by molar-refractivity contribution is -0.384. The number of nitro benzene ring substituents is 1. The van der Waals surface area contributed by atoms with E-state index >= 15 is 0 Å². The second kappa shape index (κ2) is 7.80. The molecule has 1 aromatic heterocycles. The first-order chi connectivity index (χ1) is 13.3. The lowest BCUT2D eigenvalue weighted by Crippen LogP contribution is -2.05. The van der Waals surface area contributed by atoms with Gasteiger partial charge in [0.25, 0.3) is 5.69 Å². The fourth-order valence-corrected chi connectivity index (χ4v) is 2.46. The first-order valence-electron chi connectivity index (χ1n) is 7.58. The average Bonchev–Trinajstić information content (AvgIpc) is 2.65. The first kappa shape index (κ1) is 18.9. The van der Waals surface area contributed by atoms with Crippen LogP contribution in [0.5, 0.6) is 0 Å². The summed E-state index contributed by atoms with van der Waals surface area (Å²) in [6.45, 7) is 0. The lowest BCUT2D eigenvalue weighted by Gasteiger charge is -2.10. The van der Waals surface area contributed by atoms with E-state index in [-0.39, 0.29) is 33.7 Å². The number of hydrogen-bond donors (Lipinski definition) is 2. The predicted octanol–water partition coefficient (Wildman–Crippen LogP) is 4.57. The summed E-state index contributed by atoms with van der Waals surface area (Å²) in [5.41, 5.74) is -0.197. The van der Waals surface area contributed by atoms with Crippen molar-refractivity contribution in [3.8, 4) is 0 Å². The molecule has 0 aliphatic rings. The summed E-state index contributed by atoms with van der Waals surface area (Å²) in [7, 11) is 0. The van der Waals surface area contributed by atoms with Crippen LogP contribution in [0.2, 0.25) is 5.02 Å². The molecule has 0 spiro atoms. The molecule has 0 atom stereocenters. The van der Waals surface area contributed by atoms with Gasteiger partial charge in [-0.2, -0.15) is 0 Å². The number of benzene rings is 2. The molecule has 0 amide bonds. The zero-order valence-electron chi connectivity index (χ0n) is 13.8. The van der Waals surface area contributed by atoms with Crippen molar-refractivity contribution in [2.75, 3.05) is 10.6 Å². The van der Waals surface area contributed by atoms with E-state index in [4.69, 9.17) is 11.6 Å². The highest BCUT2D eigenvalue weighted by Gasteiger charge is 2.24. The third kappa shape index (κ3) is 4.10. The Morgan fingerprint density at radius 3 is 2.14 bits per heavy atom. The van der Waals surface area contributed by atoms with Crippen LogP contribution in [-0.4, -0.2) is 19.8 Å². The fourth-order valence-electron chi connectivity index (χ4n) is 2.28. The topological polar surface area (TPSA) is 136 Å². The Labute approximate surface area is 161 Å². The zero-order chi connectivity index (χ0) is 20.3. The minimum Gasteiger partial charge on any atom is -0.334 e. The normalized spacial score (nSPS) is 10.4. The van der Waals surface area contributed by atoms with Gasteiger partial charge in [-0.25, -0.2) is 14.4 Å². The maximum atomic E-state index is 13.3. The SMILES string of the molecule is O=[N+]([O-])c1cccc(Nc2ncnc(Nc3ccc(F)c(Cl)c3)c2[N+](=O)[O-])c1. The molecule has 10 nitrogen and oxygen atoms in total. The average molecular weight is 405 g/mol. The highest BCUT2D eigenvalue weighted by atomic mass is 35.5. The van der Waals surface area contributed by atoms with Crippen LogP contribution in [0.1, 0.15) is 0 Å². The number of aromatic nitrogens is 2. The second-order valence-electron chi connectivity index (χ2n) is 5.36. The minimum absolute atomic E-state index is 0.170. The Balaban J connectivity index is 1.97. The smallest absolute Gasteiger partial charge is 0.334 e. The van der Waals surface area contributed by atoms with Gasteiger partial charge in [-0.05, 0) is 24.3 Å². The Morgan fingerprint density at radius 2 is 1.57 bits per heavy atom. The van der Waals surface area contributed by atoms with Gasteiger partial charge in [-0.15, -0.1) is 0 Å². The van der Waals surface area contributed by atoms with E-state index in [9.17, 15) is 24.6 Å². The van der Waals surface area contributed by atoms with Crippen molar-refractivity contribution in [1.82, 2.24) is 9.97 Å². The molecular formula is C16H10ClFN6O4. The molecule has 2 N–H and O–H groups in total. The fraction of sp³-hybridized carbons (Fsp3) is 0. The molecule has 142 valence electrons. The monoisotopic (exact) mass is 404 g/mol. The Morgan fingerprint density at radius 1 is 0.929 bits per heavy atom. The van der Waals surface area contributed by atoms with Gasteiger partial charge in [0.1, 0.15) is 12.1 Å². The zero-order valence-corrected chi connectivity index (χ0v) is 14.6. The van der Waals surface area contributed by atoms with Gasteiger partial charge >= 0.3 is 5.69 Å². The van der Waals surface area contributed by atoms with Gasteiger partial charge in [-0.1, -0.05) is 17.7 Å². The maximum absolute atomic E-state index is 13.3. The minimum atomic E-state index is -0.715. The lowest BCUT2D eigenvalue weighted by atomic mass is 10.2. The quantitative estimate of drug-likeness (QED) is 0.450. The number of non-ortho nitro benzene ring substituents is 1. The van der Waals surface area contributed by atoms with Crippen LogP contribution in [0.4, 0.5) is 38.8 Å². The predicted molar refractivity (Wildman–Crippen MR) is 99.8 cm³/mol. The molecule has 0 saturated heterocycles. The standard InChI is InChI=1S/C16H10ClFN6O4/c17-12-7-10(4-5-13(12)18)22-16-14(24(27)28)15(19-8-20-16)21-9-2-1-3-11(6-9)23(25)26/h1-8H,(H2,19,20,21,22). The molecule has 2 aromatic carbocycles. The van der Waals surface area contributed by atoms with Crippen molar-refractivity contribution in [2.24, 2.45) is 0 Å². The first-order valence-corrected chi connectivity index (χ1v) is 7.96. The third-order valence-electron chi connectivity index (χ3n) is 3.51. The van der Waals surface area contributed by atoms with E-state index in [1.165, 1.54) is 36.4 Å². The molecule has 0 radical (unpaired) electrons. The van der Waals surface area contributed by atoms with Crippen molar-refractivity contribution in [2.45, 2.75) is 0 Å². The van der Waals surface area contributed by atoms with Crippen LogP contribution in [0.3, 0.4) is 0 Å². The third-order valence-corrected chi connectivity index (χ3v) is 3.80. The number of nitro groups is 2. The van der Waals surface area contributed by atoms with Crippen molar-refractivity contribution in [1.29, 1.82) is 0 Å².